The Morgan fingerprint density at radius 1 is 1.15 bits per heavy atom. The van der Waals surface area contributed by atoms with Crippen LogP contribution in [0.4, 0.5) is 11.4 Å². The zero-order chi connectivity index (χ0) is 29.9. The summed E-state index contributed by atoms with van der Waals surface area (Å²) >= 11 is 1.61. The Morgan fingerprint density at radius 2 is 1.80 bits per heavy atom. The minimum absolute atomic E-state index is 0.208. The maximum absolute atomic E-state index is 14.7. The van der Waals surface area contributed by atoms with Crippen molar-refractivity contribution in [2.75, 3.05) is 42.6 Å². The van der Waals surface area contributed by atoms with Gasteiger partial charge in [-0.05, 0) is 70.7 Å². The number of anilines is 2. The highest BCUT2D eigenvalue weighted by atomic mass is 32.2. The Kier molecular flexibility index (Phi) is 9.59. The number of hydrogen-bond donors (Lipinski definition) is 1. The topological polar surface area (TPSA) is 90.4 Å². The van der Waals surface area contributed by atoms with Gasteiger partial charge in [-0.15, -0.1) is 24.9 Å². The molecule has 1 spiro atoms. The Morgan fingerprint density at radius 3 is 2.37 bits per heavy atom. The van der Waals surface area contributed by atoms with E-state index < -0.39 is 33.4 Å². The lowest BCUT2D eigenvalue weighted by Gasteiger charge is -2.39. The summed E-state index contributed by atoms with van der Waals surface area (Å²) in [4.78, 5) is 48.1. The van der Waals surface area contributed by atoms with Crippen LogP contribution < -0.4 is 9.80 Å². The molecule has 3 fully saturated rings. The fraction of sp³-hybridized carbons (Fsp3) is 0.594. The Bertz CT molecular complexity index is 1150. The molecule has 9 heteroatoms. The average Bonchev–Trinajstić information content (AvgIpc) is 3.54. The molecule has 1 aromatic carbocycles. The zero-order valence-electron chi connectivity index (χ0n) is 24.9. The number of aliphatic hydroxyl groups is 1. The molecular weight excluding hydrogens is 538 g/mol. The fourth-order valence-electron chi connectivity index (χ4n) is 7.17. The number of likely N-dealkylation sites (tertiary alicyclic amines) is 1. The van der Waals surface area contributed by atoms with Gasteiger partial charge in [0, 0.05) is 35.8 Å². The lowest BCUT2D eigenvalue weighted by atomic mass is 9.66. The number of benzene rings is 1. The zero-order valence-corrected chi connectivity index (χ0v) is 25.7. The summed E-state index contributed by atoms with van der Waals surface area (Å²) in [5.41, 5.74) is 1.79. The van der Waals surface area contributed by atoms with Gasteiger partial charge in [0.25, 0.3) is 5.91 Å². The van der Waals surface area contributed by atoms with Gasteiger partial charge in [-0.3, -0.25) is 14.4 Å². The number of esters is 1. The molecule has 0 saturated carbocycles. The first-order valence-corrected chi connectivity index (χ1v) is 15.7. The van der Waals surface area contributed by atoms with Gasteiger partial charge in [0.2, 0.25) is 5.91 Å². The number of thioether (sulfide) groups is 1. The number of carbonyl (C=O) groups is 3. The van der Waals surface area contributed by atoms with Gasteiger partial charge in [-0.2, -0.15) is 0 Å². The van der Waals surface area contributed by atoms with Crippen LogP contribution in [0.5, 0.6) is 0 Å². The van der Waals surface area contributed by atoms with E-state index in [-0.39, 0.29) is 37.5 Å². The minimum atomic E-state index is -0.822. The maximum atomic E-state index is 14.7. The van der Waals surface area contributed by atoms with Crippen molar-refractivity contribution in [2.45, 2.75) is 75.0 Å². The third-order valence-electron chi connectivity index (χ3n) is 9.21. The summed E-state index contributed by atoms with van der Waals surface area (Å²) in [6.07, 6.45) is 5.75. The van der Waals surface area contributed by atoms with Crippen molar-refractivity contribution < 1.29 is 24.2 Å². The van der Waals surface area contributed by atoms with Crippen molar-refractivity contribution in [1.29, 1.82) is 0 Å². The Hall–Kier alpha value is -2.78. The Balaban J connectivity index is 1.76. The van der Waals surface area contributed by atoms with E-state index in [1.54, 1.807) is 33.7 Å². The first-order valence-electron chi connectivity index (χ1n) is 14.9. The summed E-state index contributed by atoms with van der Waals surface area (Å²) in [5, 5.41) is 10.3. The van der Waals surface area contributed by atoms with E-state index >= 15 is 0 Å². The molecule has 3 aliphatic rings. The molecule has 1 aromatic rings. The number of carbonyl (C=O) groups excluding carboxylic acids is 3. The molecule has 0 aromatic heterocycles. The van der Waals surface area contributed by atoms with Gasteiger partial charge in [0.1, 0.15) is 6.04 Å². The van der Waals surface area contributed by atoms with Crippen molar-refractivity contribution >= 4 is 40.9 Å². The number of amides is 2. The number of hydrogen-bond acceptors (Lipinski definition) is 7. The van der Waals surface area contributed by atoms with E-state index in [0.717, 1.165) is 24.5 Å². The van der Waals surface area contributed by atoms with Gasteiger partial charge in [0.15, 0.2) is 0 Å². The third kappa shape index (κ3) is 5.20. The van der Waals surface area contributed by atoms with Crippen LogP contribution in [0.15, 0.2) is 49.6 Å². The van der Waals surface area contributed by atoms with Crippen molar-refractivity contribution in [1.82, 2.24) is 4.90 Å². The predicted molar refractivity (Wildman–Crippen MR) is 165 cm³/mol. The summed E-state index contributed by atoms with van der Waals surface area (Å²) in [6.45, 7) is 17.7. The van der Waals surface area contributed by atoms with E-state index in [1.165, 1.54) is 0 Å². The number of fused-ring (bicyclic) bond motifs is 1. The molecule has 3 saturated heterocycles. The molecule has 224 valence electrons. The van der Waals surface area contributed by atoms with Crippen LogP contribution in [0.25, 0.3) is 0 Å². The number of nitrogens with zero attached hydrogens (tertiary/aromatic N) is 3. The predicted octanol–water partition coefficient (Wildman–Crippen LogP) is 4.42. The highest BCUT2D eigenvalue weighted by molar-refractivity contribution is 8.02. The molecule has 4 rings (SSSR count). The molecular formula is C32H45N3O5S. The standard InChI is InChI=1S/C32H45N3O5S/c1-7-12-20-40-30(39)26-25-28(37)35(22(9-3)21-36)27(32(25)18-17-31(26,6)41-32)29(38)34(19-8-2)24-15-13-23(14-16-24)33(10-4)11-5/h7-8,13-16,22,25-27,36H,1-2,9-12,17-21H2,3-6H3/t22-,25-,26-,27?,31+,32?/m0/s1. The number of aliphatic hydroxyl groups excluding tert-OH is 1. The SMILES string of the molecule is C=CCCOC(=O)[C@@H]1[C@H]2C(=O)N([C@@H](CC)CO)C(C(=O)N(CC=C)c3ccc(N(CC)CC)cc3)C23CC[C@@]1(C)S3. The summed E-state index contributed by atoms with van der Waals surface area (Å²) < 4.78 is 4.34. The highest BCUT2D eigenvalue weighted by Gasteiger charge is 2.78. The second-order valence-electron chi connectivity index (χ2n) is 11.4. The van der Waals surface area contributed by atoms with Crippen LogP contribution >= 0.6 is 11.8 Å². The van der Waals surface area contributed by atoms with Crippen LogP contribution in [0.2, 0.25) is 0 Å². The normalized spacial score (nSPS) is 28.8. The first kappa shape index (κ1) is 31.2. The highest BCUT2D eigenvalue weighted by Crippen LogP contribution is 2.71. The van der Waals surface area contributed by atoms with Crippen LogP contribution in [0.1, 0.15) is 53.4 Å². The molecule has 0 aliphatic carbocycles. The second kappa shape index (κ2) is 12.6. The minimum Gasteiger partial charge on any atom is -0.465 e. The molecule has 0 radical (unpaired) electrons. The molecule has 41 heavy (non-hydrogen) atoms. The van der Waals surface area contributed by atoms with Gasteiger partial charge in [-0.1, -0.05) is 19.1 Å². The van der Waals surface area contributed by atoms with E-state index in [9.17, 15) is 19.5 Å². The van der Waals surface area contributed by atoms with E-state index in [0.29, 0.717) is 25.7 Å². The second-order valence-corrected chi connectivity index (χ2v) is 13.3. The van der Waals surface area contributed by atoms with Crippen LogP contribution in [0.3, 0.4) is 0 Å². The van der Waals surface area contributed by atoms with Crippen LogP contribution in [0, 0.1) is 11.8 Å². The third-order valence-corrected chi connectivity index (χ3v) is 11.2. The molecule has 6 atom stereocenters. The monoisotopic (exact) mass is 583 g/mol. The van der Waals surface area contributed by atoms with Crippen molar-refractivity contribution in [3.63, 3.8) is 0 Å². The smallest absolute Gasteiger partial charge is 0.311 e. The summed E-state index contributed by atoms with van der Waals surface area (Å²) in [6, 6.07) is 6.55. The summed E-state index contributed by atoms with van der Waals surface area (Å²) in [5.74, 6) is -2.17. The van der Waals surface area contributed by atoms with Gasteiger partial charge in [-0.25, -0.2) is 0 Å². The van der Waals surface area contributed by atoms with Gasteiger partial charge >= 0.3 is 5.97 Å². The first-order chi connectivity index (χ1) is 19.7. The molecule has 3 heterocycles. The van der Waals surface area contributed by atoms with Crippen LogP contribution in [-0.4, -0.2) is 82.2 Å². The molecule has 1 N–H and O–H groups in total. The largest absolute Gasteiger partial charge is 0.465 e. The van der Waals surface area contributed by atoms with E-state index in [1.807, 2.05) is 38.1 Å². The maximum Gasteiger partial charge on any atom is 0.311 e. The molecule has 2 bridgehead atoms. The molecule has 2 amide bonds. The fourth-order valence-corrected chi connectivity index (χ4v) is 9.50. The molecule has 3 aliphatic heterocycles. The quantitative estimate of drug-likeness (QED) is 0.197. The molecule has 2 unspecified atom stereocenters. The van der Waals surface area contributed by atoms with Gasteiger partial charge < -0.3 is 24.5 Å². The number of ether oxygens (including phenoxy) is 1. The lowest BCUT2D eigenvalue weighted by Crippen LogP contribution is -2.57. The van der Waals surface area contributed by atoms with Crippen molar-refractivity contribution in [3.05, 3.63) is 49.6 Å². The Labute approximate surface area is 248 Å². The van der Waals surface area contributed by atoms with Gasteiger partial charge in [0.05, 0.1) is 35.8 Å². The van der Waals surface area contributed by atoms with Crippen LogP contribution in [-0.2, 0) is 19.1 Å². The lowest BCUT2D eigenvalue weighted by molar-refractivity contribution is -0.156. The molecule has 8 nitrogen and oxygen atoms in total. The van der Waals surface area contributed by atoms with E-state index in [2.05, 4.69) is 31.9 Å². The van der Waals surface area contributed by atoms with Crippen molar-refractivity contribution in [2.24, 2.45) is 11.8 Å². The summed E-state index contributed by atoms with van der Waals surface area (Å²) in [7, 11) is 0. The van der Waals surface area contributed by atoms with Crippen molar-refractivity contribution in [3.8, 4) is 0 Å². The number of rotatable bonds is 14. The average molecular weight is 584 g/mol. The van der Waals surface area contributed by atoms with E-state index in [4.69, 9.17) is 4.74 Å².